The maximum atomic E-state index is 13.1. The van der Waals surface area contributed by atoms with Crippen LogP contribution in [0.25, 0.3) is 0 Å². The van der Waals surface area contributed by atoms with Crippen LogP contribution in [0.5, 0.6) is 11.5 Å². The fraction of sp³-hybridized carbons (Fsp3) is 0.611. The van der Waals surface area contributed by atoms with Crippen molar-refractivity contribution in [1.82, 2.24) is 0 Å². The predicted molar refractivity (Wildman–Crippen MR) is 90.0 cm³/mol. The van der Waals surface area contributed by atoms with E-state index < -0.39 is 5.60 Å². The highest BCUT2D eigenvalue weighted by Crippen LogP contribution is 2.47. The van der Waals surface area contributed by atoms with Gasteiger partial charge in [-0.1, -0.05) is 27.7 Å². The topological polar surface area (TPSA) is 59.0 Å². The molecule has 0 saturated carbocycles. The SMILES string of the molecule is CCC1(CC)Oc2c(OC)cc(CO)cc2N(CC(C)C)C1=O. The number of carbonyl (C=O) groups is 1. The van der Waals surface area contributed by atoms with Gasteiger partial charge in [0.1, 0.15) is 0 Å². The molecule has 0 spiro atoms. The molecule has 0 bridgehead atoms. The van der Waals surface area contributed by atoms with E-state index >= 15 is 0 Å². The quantitative estimate of drug-likeness (QED) is 0.874. The largest absolute Gasteiger partial charge is 0.493 e. The van der Waals surface area contributed by atoms with Gasteiger partial charge in [0.2, 0.25) is 0 Å². The summed E-state index contributed by atoms with van der Waals surface area (Å²) >= 11 is 0. The number of fused-ring (bicyclic) bond motifs is 1. The summed E-state index contributed by atoms with van der Waals surface area (Å²) in [6, 6.07) is 3.58. The van der Waals surface area contributed by atoms with Crippen molar-refractivity contribution >= 4 is 11.6 Å². The smallest absolute Gasteiger partial charge is 0.271 e. The third-order valence-electron chi connectivity index (χ3n) is 4.41. The van der Waals surface area contributed by atoms with Crippen molar-refractivity contribution in [2.24, 2.45) is 5.92 Å². The van der Waals surface area contributed by atoms with Gasteiger partial charge in [0, 0.05) is 6.54 Å². The summed E-state index contributed by atoms with van der Waals surface area (Å²) in [6.45, 7) is 8.59. The van der Waals surface area contributed by atoms with Crippen molar-refractivity contribution < 1.29 is 19.4 Å². The van der Waals surface area contributed by atoms with Gasteiger partial charge >= 0.3 is 0 Å². The molecular weight excluding hydrogens is 294 g/mol. The summed E-state index contributed by atoms with van der Waals surface area (Å²) in [5.74, 6) is 1.45. The molecule has 0 radical (unpaired) electrons. The van der Waals surface area contributed by atoms with Gasteiger partial charge in [-0.2, -0.15) is 0 Å². The number of methoxy groups -OCH3 is 1. The highest BCUT2D eigenvalue weighted by atomic mass is 16.5. The third-order valence-corrected chi connectivity index (χ3v) is 4.41. The number of amides is 1. The number of aliphatic hydroxyl groups excluding tert-OH is 1. The van der Waals surface area contributed by atoms with Gasteiger partial charge in [0.05, 0.1) is 19.4 Å². The zero-order valence-electron chi connectivity index (χ0n) is 14.7. The van der Waals surface area contributed by atoms with Crippen LogP contribution >= 0.6 is 0 Å². The number of carbonyl (C=O) groups excluding carboxylic acids is 1. The molecule has 1 N–H and O–H groups in total. The monoisotopic (exact) mass is 321 g/mol. The van der Waals surface area contributed by atoms with Gasteiger partial charge in [-0.25, -0.2) is 0 Å². The minimum atomic E-state index is -0.851. The van der Waals surface area contributed by atoms with Crippen LogP contribution in [0.3, 0.4) is 0 Å². The number of ether oxygens (including phenoxy) is 2. The lowest BCUT2D eigenvalue weighted by atomic mass is 9.91. The van der Waals surface area contributed by atoms with E-state index in [1.54, 1.807) is 18.1 Å². The second-order valence-electron chi connectivity index (χ2n) is 6.42. The Hall–Kier alpha value is -1.75. The molecule has 23 heavy (non-hydrogen) atoms. The molecule has 1 heterocycles. The zero-order chi connectivity index (χ0) is 17.2. The van der Waals surface area contributed by atoms with E-state index in [1.807, 2.05) is 19.9 Å². The van der Waals surface area contributed by atoms with E-state index in [0.717, 1.165) is 0 Å². The minimum Gasteiger partial charge on any atom is -0.493 e. The summed E-state index contributed by atoms with van der Waals surface area (Å²) in [5, 5.41) is 9.49. The van der Waals surface area contributed by atoms with Gasteiger partial charge in [0.25, 0.3) is 5.91 Å². The summed E-state index contributed by atoms with van der Waals surface area (Å²) in [5.41, 5.74) is 0.534. The Balaban J connectivity index is 2.65. The average Bonchev–Trinajstić information content (AvgIpc) is 2.56. The van der Waals surface area contributed by atoms with Crippen molar-refractivity contribution in [3.63, 3.8) is 0 Å². The highest BCUT2D eigenvalue weighted by molar-refractivity contribution is 6.03. The first-order valence-corrected chi connectivity index (χ1v) is 8.25. The van der Waals surface area contributed by atoms with Crippen LogP contribution in [0.4, 0.5) is 5.69 Å². The maximum absolute atomic E-state index is 13.1. The van der Waals surface area contributed by atoms with E-state index in [-0.39, 0.29) is 12.5 Å². The Labute approximate surface area is 138 Å². The minimum absolute atomic E-state index is 0.0131. The molecule has 0 fully saturated rings. The Kier molecular flexibility index (Phi) is 5.19. The number of benzene rings is 1. The van der Waals surface area contributed by atoms with Crippen LogP contribution in [0.1, 0.15) is 46.1 Å². The van der Waals surface area contributed by atoms with Crippen molar-refractivity contribution in [3.8, 4) is 11.5 Å². The Bertz CT molecular complexity index is 579. The zero-order valence-corrected chi connectivity index (χ0v) is 14.7. The number of aliphatic hydroxyl groups is 1. The number of anilines is 1. The molecule has 128 valence electrons. The summed E-state index contributed by atoms with van der Waals surface area (Å²) in [6.07, 6.45) is 1.20. The summed E-state index contributed by atoms with van der Waals surface area (Å²) in [7, 11) is 1.57. The summed E-state index contributed by atoms with van der Waals surface area (Å²) in [4.78, 5) is 14.9. The average molecular weight is 321 g/mol. The maximum Gasteiger partial charge on any atom is 0.271 e. The van der Waals surface area contributed by atoms with Crippen LogP contribution < -0.4 is 14.4 Å². The molecule has 0 saturated heterocycles. The molecule has 0 atom stereocenters. The fourth-order valence-corrected chi connectivity index (χ4v) is 3.03. The van der Waals surface area contributed by atoms with E-state index in [4.69, 9.17) is 9.47 Å². The number of rotatable bonds is 6. The van der Waals surface area contributed by atoms with Crippen LogP contribution in [0.15, 0.2) is 12.1 Å². The molecule has 1 amide bonds. The van der Waals surface area contributed by atoms with E-state index in [1.165, 1.54) is 0 Å². The number of hydrogen-bond acceptors (Lipinski definition) is 4. The van der Waals surface area contributed by atoms with Gasteiger partial charge in [0.15, 0.2) is 17.1 Å². The Morgan fingerprint density at radius 2 is 1.96 bits per heavy atom. The first-order valence-electron chi connectivity index (χ1n) is 8.25. The first-order chi connectivity index (χ1) is 10.9. The molecule has 5 heteroatoms. The first kappa shape index (κ1) is 17.6. The van der Waals surface area contributed by atoms with E-state index in [0.29, 0.717) is 48.1 Å². The second kappa shape index (κ2) is 6.79. The molecule has 1 aliphatic rings. The lowest BCUT2D eigenvalue weighted by Crippen LogP contribution is -2.56. The molecule has 1 aliphatic heterocycles. The van der Waals surface area contributed by atoms with Gasteiger partial charge < -0.3 is 19.5 Å². The molecule has 0 aromatic heterocycles. The normalized spacial score (nSPS) is 16.3. The molecule has 0 aliphatic carbocycles. The third kappa shape index (κ3) is 3.02. The van der Waals surface area contributed by atoms with Crippen molar-refractivity contribution in [1.29, 1.82) is 0 Å². The van der Waals surface area contributed by atoms with Crippen LogP contribution in [0.2, 0.25) is 0 Å². The number of nitrogens with zero attached hydrogens (tertiary/aromatic N) is 1. The van der Waals surface area contributed by atoms with Crippen LogP contribution in [-0.4, -0.2) is 30.3 Å². The van der Waals surface area contributed by atoms with Gasteiger partial charge in [-0.15, -0.1) is 0 Å². The molecule has 5 nitrogen and oxygen atoms in total. The van der Waals surface area contributed by atoms with Gasteiger partial charge in [-0.3, -0.25) is 4.79 Å². The van der Waals surface area contributed by atoms with Crippen molar-refractivity contribution in [2.75, 3.05) is 18.6 Å². The lowest BCUT2D eigenvalue weighted by Gasteiger charge is -2.43. The molecule has 0 unspecified atom stereocenters. The molecule has 1 aromatic carbocycles. The standard InChI is InChI=1S/C18H27NO4/c1-6-18(7-2)17(21)19(10-12(3)4)14-8-13(11-20)9-15(22-5)16(14)23-18/h8-9,12,20H,6-7,10-11H2,1-5H3. The van der Waals surface area contributed by atoms with Crippen molar-refractivity contribution in [2.45, 2.75) is 52.7 Å². The molecule has 2 rings (SSSR count). The van der Waals surface area contributed by atoms with Gasteiger partial charge in [-0.05, 0) is 36.5 Å². The van der Waals surface area contributed by atoms with Crippen LogP contribution in [0, 0.1) is 5.92 Å². The highest BCUT2D eigenvalue weighted by Gasteiger charge is 2.47. The van der Waals surface area contributed by atoms with Crippen LogP contribution in [-0.2, 0) is 11.4 Å². The number of hydrogen-bond donors (Lipinski definition) is 1. The predicted octanol–water partition coefficient (Wildman–Crippen LogP) is 3.13. The summed E-state index contributed by atoms with van der Waals surface area (Å²) < 4.78 is 11.6. The van der Waals surface area contributed by atoms with Crippen molar-refractivity contribution in [3.05, 3.63) is 17.7 Å². The molecule has 1 aromatic rings. The molecular formula is C18H27NO4. The Morgan fingerprint density at radius 1 is 1.30 bits per heavy atom. The Morgan fingerprint density at radius 3 is 2.43 bits per heavy atom. The fourth-order valence-electron chi connectivity index (χ4n) is 3.03. The van der Waals surface area contributed by atoms with E-state index in [9.17, 15) is 9.90 Å². The van der Waals surface area contributed by atoms with E-state index in [2.05, 4.69) is 13.8 Å². The second-order valence-corrected chi connectivity index (χ2v) is 6.42. The lowest BCUT2D eigenvalue weighted by molar-refractivity contribution is -0.136.